The van der Waals surface area contributed by atoms with Crippen molar-refractivity contribution in [1.29, 1.82) is 0 Å². The second kappa shape index (κ2) is 14.0. The van der Waals surface area contributed by atoms with Gasteiger partial charge in [0.05, 0.1) is 12.8 Å². The van der Waals surface area contributed by atoms with Gasteiger partial charge in [-0.3, -0.25) is 24.7 Å². The van der Waals surface area contributed by atoms with Gasteiger partial charge in [0.15, 0.2) is 0 Å². The molecule has 1 saturated heterocycles. The van der Waals surface area contributed by atoms with E-state index in [1.807, 2.05) is 48.8 Å². The summed E-state index contributed by atoms with van der Waals surface area (Å²) in [5, 5.41) is 4.58. The van der Waals surface area contributed by atoms with Crippen LogP contribution in [-0.4, -0.2) is 67.4 Å². The van der Waals surface area contributed by atoms with Crippen molar-refractivity contribution in [2.24, 2.45) is 0 Å². The third-order valence-electron chi connectivity index (χ3n) is 10.1. The zero-order chi connectivity index (χ0) is 36.6. The van der Waals surface area contributed by atoms with Crippen LogP contribution in [0.15, 0.2) is 91.5 Å². The Morgan fingerprint density at radius 2 is 1.69 bits per heavy atom. The number of amides is 3. The Morgan fingerprint density at radius 3 is 2.52 bits per heavy atom. The Morgan fingerprint density at radius 1 is 0.815 bits per heavy atom. The van der Waals surface area contributed by atoms with E-state index >= 15 is 0 Å². The van der Waals surface area contributed by atoms with Crippen LogP contribution in [-0.2, 0) is 16.1 Å². The summed E-state index contributed by atoms with van der Waals surface area (Å²) in [5.74, 6) is 7.10. The number of H-pyrrole nitrogens is 1. The number of ether oxygens (including phenoxy) is 3. The molecule has 3 aliphatic rings. The number of imide groups is 1. The number of benzene rings is 2. The van der Waals surface area contributed by atoms with Crippen molar-refractivity contribution < 1.29 is 28.6 Å². The molecule has 0 spiro atoms. The maximum absolute atomic E-state index is 12.9. The van der Waals surface area contributed by atoms with Crippen molar-refractivity contribution in [3.63, 3.8) is 0 Å². The highest BCUT2D eigenvalue weighted by Crippen LogP contribution is 2.33. The van der Waals surface area contributed by atoms with Crippen molar-refractivity contribution in [2.45, 2.75) is 56.9 Å². The normalized spacial score (nSPS) is 19.1. The molecule has 1 saturated carbocycles. The van der Waals surface area contributed by atoms with Crippen LogP contribution in [0, 0.1) is 11.8 Å². The van der Waals surface area contributed by atoms with E-state index in [1.165, 1.54) is 4.90 Å². The molecule has 1 aliphatic carbocycles. The number of piperidine rings is 1. The Kier molecular flexibility index (Phi) is 8.59. The largest absolute Gasteiger partial charge is 0.493 e. The molecule has 54 heavy (non-hydrogen) atoms. The molecule has 6 heterocycles. The molecule has 3 amide bonds. The summed E-state index contributed by atoms with van der Waals surface area (Å²) in [6, 6.07) is 20.6. The van der Waals surface area contributed by atoms with Gasteiger partial charge in [0, 0.05) is 89.8 Å². The first kappa shape index (κ1) is 33.1. The fourth-order valence-electron chi connectivity index (χ4n) is 7.16. The quantitative estimate of drug-likeness (QED) is 0.108. The molecule has 268 valence electrons. The van der Waals surface area contributed by atoms with E-state index in [0.717, 1.165) is 51.3 Å². The van der Waals surface area contributed by atoms with Gasteiger partial charge in [-0.1, -0.05) is 18.1 Å². The summed E-state index contributed by atoms with van der Waals surface area (Å²) in [6.07, 6.45) is 9.83. The number of hydrogen-bond acceptors (Lipinski definition) is 9. The Bertz CT molecular complexity index is 2480. The Hall–Kier alpha value is -6.74. The highest BCUT2D eigenvalue weighted by molar-refractivity contribution is 6.08. The highest BCUT2D eigenvalue weighted by atomic mass is 16.5. The summed E-state index contributed by atoms with van der Waals surface area (Å²) >= 11 is 0. The van der Waals surface area contributed by atoms with E-state index in [0.29, 0.717) is 54.6 Å². The Balaban J connectivity index is 0.706. The first-order chi connectivity index (χ1) is 26.4. The average Bonchev–Trinajstić information content (AvgIpc) is 3.71. The molecule has 1 atom stereocenters. The van der Waals surface area contributed by atoms with Crippen LogP contribution >= 0.6 is 0 Å². The standard InChI is InChI=1S/C42H34N6O6/c49-39-12-11-38(41(50)47-39)48-24-27-17-29(8-10-33(27)42(48)51)52-16-2-1-3-28-6-7-30(22-44-28)53-31-19-32(20-31)54-40-13-5-26(21-45-40)25-4-9-34-35-23-43-15-14-36(35)46-37(34)18-25/h4-10,13-15,17-18,21-23,31-32,38,46H,2,11-12,16,19-20,24H2,(H,47,49,50). The molecule has 9 rings (SSSR count). The van der Waals surface area contributed by atoms with Crippen LogP contribution in [0.4, 0.5) is 0 Å². The van der Waals surface area contributed by atoms with Crippen LogP contribution in [0.1, 0.15) is 53.7 Å². The van der Waals surface area contributed by atoms with Crippen LogP contribution in [0.3, 0.4) is 0 Å². The van der Waals surface area contributed by atoms with Crippen molar-refractivity contribution in [1.82, 2.24) is 30.2 Å². The molecule has 12 heteroatoms. The van der Waals surface area contributed by atoms with E-state index in [1.54, 1.807) is 24.5 Å². The van der Waals surface area contributed by atoms with E-state index in [9.17, 15) is 14.4 Å². The van der Waals surface area contributed by atoms with Crippen LogP contribution in [0.5, 0.6) is 17.4 Å². The molecule has 6 aromatic rings. The number of aromatic amines is 1. The number of nitrogens with zero attached hydrogens (tertiary/aromatic N) is 4. The minimum absolute atomic E-state index is 0.0387. The molecular formula is C42H34N6O6. The lowest BCUT2D eigenvalue weighted by Crippen LogP contribution is -2.52. The molecule has 0 bridgehead atoms. The van der Waals surface area contributed by atoms with E-state index < -0.39 is 11.9 Å². The number of carbonyl (C=O) groups is 3. The van der Waals surface area contributed by atoms with E-state index in [-0.39, 0.29) is 30.4 Å². The predicted octanol–water partition coefficient (Wildman–Crippen LogP) is 5.74. The van der Waals surface area contributed by atoms with Crippen molar-refractivity contribution in [2.75, 3.05) is 6.61 Å². The zero-order valence-electron chi connectivity index (χ0n) is 29.1. The van der Waals surface area contributed by atoms with Gasteiger partial charge < -0.3 is 24.1 Å². The lowest BCUT2D eigenvalue weighted by molar-refractivity contribution is -0.136. The molecule has 2 fully saturated rings. The number of nitrogens with one attached hydrogen (secondary N) is 2. The predicted molar refractivity (Wildman–Crippen MR) is 199 cm³/mol. The van der Waals surface area contributed by atoms with Gasteiger partial charge in [-0.25, -0.2) is 9.97 Å². The molecule has 2 N–H and O–H groups in total. The third kappa shape index (κ3) is 6.67. The lowest BCUT2D eigenvalue weighted by atomic mass is 9.92. The summed E-state index contributed by atoms with van der Waals surface area (Å²) < 4.78 is 18.1. The number of pyridine rings is 3. The molecule has 12 nitrogen and oxygen atoms in total. The van der Waals surface area contributed by atoms with Gasteiger partial charge in [-0.15, -0.1) is 0 Å². The molecule has 0 radical (unpaired) electrons. The van der Waals surface area contributed by atoms with Crippen LogP contribution < -0.4 is 19.5 Å². The maximum Gasteiger partial charge on any atom is 0.255 e. The smallest absolute Gasteiger partial charge is 0.255 e. The van der Waals surface area contributed by atoms with E-state index in [4.69, 9.17) is 14.2 Å². The van der Waals surface area contributed by atoms with E-state index in [2.05, 4.69) is 55.3 Å². The summed E-state index contributed by atoms with van der Waals surface area (Å²) in [7, 11) is 0. The maximum atomic E-state index is 12.9. The monoisotopic (exact) mass is 718 g/mol. The number of hydrogen-bond donors (Lipinski definition) is 2. The molecule has 2 aliphatic heterocycles. The van der Waals surface area contributed by atoms with Crippen molar-refractivity contribution in [3.05, 3.63) is 108 Å². The molecule has 4 aromatic heterocycles. The van der Waals surface area contributed by atoms with Gasteiger partial charge in [0.2, 0.25) is 17.7 Å². The SMILES string of the molecule is O=C1CCC(N2Cc3cc(OCCC#Cc4ccc(OC5CC(Oc6ccc(-c7ccc8c(c7)[nH]c7ccncc78)cn6)C5)cn4)ccc3C2=O)C(=O)N1. The van der Waals surface area contributed by atoms with Gasteiger partial charge in [0.1, 0.15) is 35.4 Å². The van der Waals surface area contributed by atoms with Gasteiger partial charge in [0.25, 0.3) is 5.91 Å². The fraction of sp³-hybridized carbons (Fsp3) is 0.238. The topological polar surface area (TPSA) is 149 Å². The first-order valence-corrected chi connectivity index (χ1v) is 17.9. The molecule has 2 aromatic carbocycles. The van der Waals surface area contributed by atoms with Crippen molar-refractivity contribution >= 4 is 39.5 Å². The highest BCUT2D eigenvalue weighted by Gasteiger charge is 2.39. The minimum Gasteiger partial charge on any atom is -0.493 e. The summed E-state index contributed by atoms with van der Waals surface area (Å²) in [6.45, 7) is 0.664. The van der Waals surface area contributed by atoms with Gasteiger partial charge in [-0.05, 0) is 72.0 Å². The minimum atomic E-state index is -0.645. The van der Waals surface area contributed by atoms with Crippen LogP contribution in [0.25, 0.3) is 32.9 Å². The van der Waals surface area contributed by atoms with Gasteiger partial charge in [-0.2, -0.15) is 0 Å². The first-order valence-electron chi connectivity index (χ1n) is 17.9. The average molecular weight is 719 g/mol. The van der Waals surface area contributed by atoms with Crippen molar-refractivity contribution in [3.8, 4) is 40.3 Å². The number of carbonyl (C=O) groups excluding carboxylic acids is 3. The van der Waals surface area contributed by atoms with Crippen LogP contribution in [0.2, 0.25) is 0 Å². The summed E-state index contributed by atoms with van der Waals surface area (Å²) in [5.41, 5.74) is 6.20. The number of aromatic nitrogens is 4. The Labute approximate surface area is 309 Å². The number of fused-ring (bicyclic) bond motifs is 4. The molecular weight excluding hydrogens is 684 g/mol. The molecule has 1 unspecified atom stereocenters. The number of rotatable bonds is 9. The lowest BCUT2D eigenvalue weighted by Gasteiger charge is -2.34. The zero-order valence-corrected chi connectivity index (χ0v) is 29.1. The second-order valence-corrected chi connectivity index (χ2v) is 13.6. The third-order valence-corrected chi connectivity index (χ3v) is 10.1. The summed E-state index contributed by atoms with van der Waals surface area (Å²) in [4.78, 5) is 54.9. The second-order valence-electron chi connectivity index (χ2n) is 13.6. The fourth-order valence-corrected chi connectivity index (χ4v) is 7.16. The van der Waals surface area contributed by atoms with Gasteiger partial charge >= 0.3 is 0 Å².